The molecule has 150 valence electrons. The number of aromatic nitrogens is 2. The van der Waals surface area contributed by atoms with Crippen molar-refractivity contribution >= 4 is 22.8 Å². The van der Waals surface area contributed by atoms with Crippen molar-refractivity contribution in [1.82, 2.24) is 14.5 Å². The minimum atomic E-state index is -0.865. The number of benzene rings is 1. The van der Waals surface area contributed by atoms with Crippen LogP contribution in [0.2, 0.25) is 0 Å². The molecule has 1 fully saturated rings. The van der Waals surface area contributed by atoms with Crippen LogP contribution in [-0.2, 0) is 16.1 Å². The molecule has 2 aromatic rings. The summed E-state index contributed by atoms with van der Waals surface area (Å²) in [5.74, 6) is -0.490. The lowest BCUT2D eigenvalue weighted by molar-refractivity contribution is -0.141. The highest BCUT2D eigenvalue weighted by molar-refractivity contribution is 5.81. The van der Waals surface area contributed by atoms with Gasteiger partial charge in [0.2, 0.25) is 5.91 Å². The predicted octanol–water partition coefficient (Wildman–Crippen LogP) is 1.13. The quantitative estimate of drug-likeness (QED) is 0.755. The van der Waals surface area contributed by atoms with Crippen molar-refractivity contribution in [2.24, 2.45) is 5.92 Å². The third kappa shape index (κ3) is 3.92. The number of carbonyl (C=O) groups is 2. The molecule has 3 rings (SSSR count). The minimum absolute atomic E-state index is 0.0862. The number of aryl methyl sites for hydroxylation is 1. The number of ether oxygens (including phenoxy) is 2. The molecule has 0 spiro atoms. The van der Waals surface area contributed by atoms with Crippen LogP contribution in [0.4, 0.5) is 0 Å². The fourth-order valence-electron chi connectivity index (χ4n) is 3.39. The lowest BCUT2D eigenvalue weighted by Crippen LogP contribution is -2.30. The summed E-state index contributed by atoms with van der Waals surface area (Å²) in [5, 5.41) is 9.44. The summed E-state index contributed by atoms with van der Waals surface area (Å²) in [5.41, 5.74) is 0.289. The number of nitrogens with zero attached hydrogens (tertiary/aromatic N) is 3. The van der Waals surface area contributed by atoms with Gasteiger partial charge in [-0.3, -0.25) is 19.0 Å². The number of carboxylic acids is 1. The summed E-state index contributed by atoms with van der Waals surface area (Å²) in [6.45, 7) is 1.07. The van der Waals surface area contributed by atoms with Crippen LogP contribution in [-0.4, -0.2) is 58.7 Å². The molecular weight excluding hydrogens is 366 g/mol. The first kappa shape index (κ1) is 19.7. The summed E-state index contributed by atoms with van der Waals surface area (Å²) in [4.78, 5) is 41.8. The third-order valence-electron chi connectivity index (χ3n) is 5.01. The van der Waals surface area contributed by atoms with Crippen molar-refractivity contribution < 1.29 is 24.2 Å². The molecule has 0 radical (unpaired) electrons. The predicted molar refractivity (Wildman–Crippen MR) is 101 cm³/mol. The van der Waals surface area contributed by atoms with Gasteiger partial charge in [-0.05, 0) is 18.9 Å². The molecule has 9 nitrogen and oxygen atoms in total. The van der Waals surface area contributed by atoms with E-state index in [1.165, 1.54) is 25.1 Å². The summed E-state index contributed by atoms with van der Waals surface area (Å²) >= 11 is 0. The molecule has 0 bridgehead atoms. The highest BCUT2D eigenvalue weighted by Crippen LogP contribution is 2.29. The van der Waals surface area contributed by atoms with E-state index in [-0.39, 0.29) is 24.4 Å². The number of carbonyl (C=O) groups excluding carboxylic acids is 1. The van der Waals surface area contributed by atoms with Gasteiger partial charge in [0.1, 0.15) is 0 Å². The molecule has 28 heavy (non-hydrogen) atoms. The second-order valence-electron chi connectivity index (χ2n) is 6.73. The van der Waals surface area contributed by atoms with E-state index < -0.39 is 11.9 Å². The Morgan fingerprint density at radius 1 is 1.25 bits per heavy atom. The zero-order chi connectivity index (χ0) is 20.3. The first-order chi connectivity index (χ1) is 13.4. The maximum atomic E-state index is 12.7. The van der Waals surface area contributed by atoms with Crippen molar-refractivity contribution in [3.8, 4) is 11.5 Å². The van der Waals surface area contributed by atoms with E-state index in [4.69, 9.17) is 14.6 Å². The molecule has 1 atom stereocenters. The van der Waals surface area contributed by atoms with Gasteiger partial charge >= 0.3 is 5.97 Å². The van der Waals surface area contributed by atoms with Crippen molar-refractivity contribution in [3.63, 3.8) is 0 Å². The van der Waals surface area contributed by atoms with Gasteiger partial charge in [0.15, 0.2) is 11.5 Å². The number of aliphatic carboxylic acids is 1. The number of fused-ring (bicyclic) bond motifs is 1. The molecule has 0 saturated carbocycles. The zero-order valence-corrected chi connectivity index (χ0v) is 15.9. The van der Waals surface area contributed by atoms with Crippen LogP contribution in [0.5, 0.6) is 11.5 Å². The number of hydrogen-bond acceptors (Lipinski definition) is 6. The van der Waals surface area contributed by atoms with Crippen LogP contribution in [0.25, 0.3) is 10.9 Å². The van der Waals surface area contributed by atoms with Gasteiger partial charge in [0, 0.05) is 32.1 Å². The number of methoxy groups -OCH3 is 2. The van der Waals surface area contributed by atoms with Gasteiger partial charge in [0.05, 0.1) is 37.4 Å². The van der Waals surface area contributed by atoms with Gasteiger partial charge in [-0.1, -0.05) is 0 Å². The molecule has 1 aliphatic heterocycles. The van der Waals surface area contributed by atoms with E-state index in [1.54, 1.807) is 17.0 Å². The smallest absolute Gasteiger partial charge is 0.308 e. The Balaban J connectivity index is 1.66. The molecule has 1 aromatic carbocycles. The standard InChI is InChI=1S/C19H23N3O6/c1-27-15-8-13-14(9-16(15)28-2)20-11-22(18(13)24)6-3-4-17(23)21-7-5-12(10-21)19(25)26/h8-9,11-12H,3-7,10H2,1-2H3,(H,25,26). The molecule has 1 aliphatic rings. The van der Waals surface area contributed by atoms with Crippen LogP contribution in [0.15, 0.2) is 23.3 Å². The summed E-state index contributed by atoms with van der Waals surface area (Å²) < 4.78 is 11.9. The van der Waals surface area contributed by atoms with Crippen molar-refractivity contribution in [2.75, 3.05) is 27.3 Å². The van der Waals surface area contributed by atoms with Gasteiger partial charge in [-0.15, -0.1) is 0 Å². The second-order valence-corrected chi connectivity index (χ2v) is 6.73. The van der Waals surface area contributed by atoms with Crippen LogP contribution in [0.1, 0.15) is 19.3 Å². The van der Waals surface area contributed by atoms with Gasteiger partial charge in [-0.2, -0.15) is 0 Å². The maximum absolute atomic E-state index is 12.7. The normalized spacial score (nSPS) is 16.4. The molecule has 1 N–H and O–H groups in total. The monoisotopic (exact) mass is 389 g/mol. The van der Waals surface area contributed by atoms with Crippen LogP contribution in [0, 0.1) is 5.92 Å². The number of hydrogen-bond donors (Lipinski definition) is 1. The lowest BCUT2D eigenvalue weighted by Gasteiger charge is -2.16. The molecule has 1 saturated heterocycles. The Morgan fingerprint density at radius 3 is 2.61 bits per heavy atom. The third-order valence-corrected chi connectivity index (χ3v) is 5.01. The Morgan fingerprint density at radius 2 is 1.96 bits per heavy atom. The van der Waals surface area contributed by atoms with Crippen molar-refractivity contribution in [1.29, 1.82) is 0 Å². The Hall–Kier alpha value is -3.10. The topological polar surface area (TPSA) is 111 Å². The first-order valence-corrected chi connectivity index (χ1v) is 9.06. The van der Waals surface area contributed by atoms with Crippen LogP contribution in [0.3, 0.4) is 0 Å². The van der Waals surface area contributed by atoms with E-state index in [2.05, 4.69) is 4.98 Å². The fourth-order valence-corrected chi connectivity index (χ4v) is 3.39. The van der Waals surface area contributed by atoms with E-state index in [1.807, 2.05) is 0 Å². The Labute approximate surface area is 161 Å². The number of likely N-dealkylation sites (tertiary alicyclic amines) is 1. The summed E-state index contributed by atoms with van der Waals surface area (Å²) in [6, 6.07) is 3.25. The number of carboxylic acid groups (broad SMARTS) is 1. The minimum Gasteiger partial charge on any atom is -0.493 e. The second kappa shape index (κ2) is 8.28. The van der Waals surface area contributed by atoms with E-state index in [0.29, 0.717) is 48.3 Å². The number of rotatable bonds is 7. The largest absolute Gasteiger partial charge is 0.493 e. The maximum Gasteiger partial charge on any atom is 0.308 e. The molecule has 2 heterocycles. The van der Waals surface area contributed by atoms with Gasteiger partial charge in [-0.25, -0.2) is 4.98 Å². The first-order valence-electron chi connectivity index (χ1n) is 9.06. The van der Waals surface area contributed by atoms with Crippen molar-refractivity contribution in [2.45, 2.75) is 25.8 Å². The average molecular weight is 389 g/mol. The van der Waals surface area contributed by atoms with Gasteiger partial charge in [0.25, 0.3) is 5.56 Å². The number of amides is 1. The van der Waals surface area contributed by atoms with Crippen molar-refractivity contribution in [3.05, 3.63) is 28.8 Å². The SMILES string of the molecule is COc1cc2ncn(CCCC(=O)N3CCC(C(=O)O)C3)c(=O)c2cc1OC. The van der Waals surface area contributed by atoms with Gasteiger partial charge < -0.3 is 19.5 Å². The molecule has 1 unspecified atom stereocenters. The molecule has 0 aliphatic carbocycles. The highest BCUT2D eigenvalue weighted by atomic mass is 16.5. The fraction of sp³-hybridized carbons (Fsp3) is 0.474. The summed E-state index contributed by atoms with van der Waals surface area (Å²) in [7, 11) is 3.01. The Kier molecular flexibility index (Phi) is 5.81. The molecular formula is C19H23N3O6. The lowest BCUT2D eigenvalue weighted by atomic mass is 10.1. The molecule has 1 amide bonds. The average Bonchev–Trinajstić information content (AvgIpc) is 3.19. The summed E-state index contributed by atoms with van der Waals surface area (Å²) in [6.07, 6.45) is 2.66. The van der Waals surface area contributed by atoms with E-state index in [0.717, 1.165) is 0 Å². The van der Waals surface area contributed by atoms with E-state index in [9.17, 15) is 14.4 Å². The molecule has 1 aromatic heterocycles. The van der Waals surface area contributed by atoms with Crippen LogP contribution >= 0.6 is 0 Å². The zero-order valence-electron chi connectivity index (χ0n) is 15.9. The Bertz CT molecular complexity index is 955. The highest BCUT2D eigenvalue weighted by Gasteiger charge is 2.30. The van der Waals surface area contributed by atoms with E-state index >= 15 is 0 Å². The van der Waals surface area contributed by atoms with Crippen LogP contribution < -0.4 is 15.0 Å². The molecule has 9 heteroatoms.